The largest absolute Gasteiger partial charge is 0.366 e. The highest BCUT2D eigenvalue weighted by atomic mass is 19.1. The number of benzene rings is 1. The normalized spacial score (nSPS) is 15.3. The fourth-order valence-electron chi connectivity index (χ4n) is 2.58. The van der Waals surface area contributed by atoms with Crippen LogP contribution in [0.25, 0.3) is 0 Å². The smallest absolute Gasteiger partial charge is 0.272 e. The first-order chi connectivity index (χ1) is 10.2. The highest BCUT2D eigenvalue weighted by Crippen LogP contribution is 2.20. The average Bonchev–Trinajstić information content (AvgIpc) is 2.93. The van der Waals surface area contributed by atoms with Crippen molar-refractivity contribution in [3.63, 3.8) is 0 Å². The third-order valence-electron chi connectivity index (χ3n) is 3.80. The number of H-pyrrole nitrogens is 1. The number of carbonyl (C=O) groups excluding carboxylic acids is 1. The molecule has 2 aromatic rings. The monoisotopic (exact) mass is 288 g/mol. The van der Waals surface area contributed by atoms with E-state index in [0.29, 0.717) is 37.6 Å². The van der Waals surface area contributed by atoms with Crippen LogP contribution in [0.1, 0.15) is 16.1 Å². The zero-order valence-corrected chi connectivity index (χ0v) is 11.8. The summed E-state index contributed by atoms with van der Waals surface area (Å²) in [5.41, 5.74) is 1.98. The molecule has 6 heteroatoms. The molecule has 2 heterocycles. The number of carbonyl (C=O) groups is 1. The summed E-state index contributed by atoms with van der Waals surface area (Å²) in [5, 5.41) is 6.62. The highest BCUT2D eigenvalue weighted by Gasteiger charge is 2.25. The maximum atomic E-state index is 13.8. The molecule has 1 aliphatic heterocycles. The van der Waals surface area contributed by atoms with Gasteiger partial charge in [-0.25, -0.2) is 4.39 Å². The van der Waals surface area contributed by atoms with E-state index in [0.717, 1.165) is 5.56 Å². The second-order valence-electron chi connectivity index (χ2n) is 5.16. The molecule has 3 rings (SSSR count). The molecule has 1 saturated heterocycles. The quantitative estimate of drug-likeness (QED) is 0.917. The van der Waals surface area contributed by atoms with Gasteiger partial charge in [-0.05, 0) is 24.6 Å². The lowest BCUT2D eigenvalue weighted by atomic mass is 10.2. The lowest BCUT2D eigenvalue weighted by Gasteiger charge is -2.36. The molecule has 1 aliphatic rings. The van der Waals surface area contributed by atoms with Gasteiger partial charge in [0.2, 0.25) is 0 Å². The predicted octanol–water partition coefficient (Wildman–Crippen LogP) is 1.82. The number of rotatable bonds is 2. The minimum absolute atomic E-state index is 0.0433. The van der Waals surface area contributed by atoms with Crippen molar-refractivity contribution in [3.05, 3.63) is 47.5 Å². The van der Waals surface area contributed by atoms with Gasteiger partial charge in [0.15, 0.2) is 0 Å². The summed E-state index contributed by atoms with van der Waals surface area (Å²) in [4.78, 5) is 16.1. The summed E-state index contributed by atoms with van der Waals surface area (Å²) in [7, 11) is 0. The van der Waals surface area contributed by atoms with E-state index in [4.69, 9.17) is 0 Å². The van der Waals surface area contributed by atoms with E-state index in [2.05, 4.69) is 10.2 Å². The van der Waals surface area contributed by atoms with E-state index in [-0.39, 0.29) is 11.7 Å². The molecule has 5 nitrogen and oxygen atoms in total. The van der Waals surface area contributed by atoms with Crippen LogP contribution in [0.2, 0.25) is 0 Å². The van der Waals surface area contributed by atoms with Crippen molar-refractivity contribution in [2.24, 2.45) is 0 Å². The zero-order chi connectivity index (χ0) is 14.8. The number of piperazine rings is 1. The number of aromatic amines is 1. The number of anilines is 1. The van der Waals surface area contributed by atoms with Gasteiger partial charge in [0.1, 0.15) is 11.5 Å². The topological polar surface area (TPSA) is 52.2 Å². The Morgan fingerprint density at radius 3 is 2.57 bits per heavy atom. The highest BCUT2D eigenvalue weighted by molar-refractivity contribution is 5.93. The molecule has 110 valence electrons. The Kier molecular flexibility index (Phi) is 3.60. The van der Waals surface area contributed by atoms with Gasteiger partial charge in [-0.1, -0.05) is 12.1 Å². The molecule has 0 radical (unpaired) electrons. The van der Waals surface area contributed by atoms with Gasteiger partial charge in [-0.2, -0.15) is 5.10 Å². The van der Waals surface area contributed by atoms with E-state index < -0.39 is 0 Å². The third kappa shape index (κ3) is 2.61. The van der Waals surface area contributed by atoms with Gasteiger partial charge in [0, 0.05) is 26.2 Å². The van der Waals surface area contributed by atoms with E-state index in [1.165, 1.54) is 6.07 Å². The van der Waals surface area contributed by atoms with Crippen LogP contribution in [-0.2, 0) is 0 Å². The summed E-state index contributed by atoms with van der Waals surface area (Å²) in [6.45, 7) is 4.25. The fraction of sp³-hybridized carbons (Fsp3) is 0.333. The standard InChI is InChI=1S/C15H17FN4O/c1-11-10-17-18-14(11)15(21)20-8-6-19(7-9-20)13-5-3-2-4-12(13)16/h2-5,10H,6-9H2,1H3,(H,17,18). The number of hydrogen-bond acceptors (Lipinski definition) is 3. The van der Waals surface area contributed by atoms with Crippen LogP contribution in [0, 0.1) is 12.7 Å². The Hall–Kier alpha value is -2.37. The molecule has 0 spiro atoms. The van der Waals surface area contributed by atoms with Crippen molar-refractivity contribution in [2.75, 3.05) is 31.1 Å². The first kappa shape index (κ1) is 13.6. The Bertz CT molecular complexity index is 647. The SMILES string of the molecule is Cc1cn[nH]c1C(=O)N1CCN(c2ccccc2F)CC1. The summed E-state index contributed by atoms with van der Waals surface area (Å²) in [5.74, 6) is -0.264. The average molecular weight is 288 g/mol. The molecular weight excluding hydrogens is 271 g/mol. The molecular formula is C15H17FN4O. The number of aryl methyl sites for hydroxylation is 1. The predicted molar refractivity (Wildman–Crippen MR) is 77.8 cm³/mol. The Morgan fingerprint density at radius 2 is 1.95 bits per heavy atom. The first-order valence-electron chi connectivity index (χ1n) is 6.95. The maximum Gasteiger partial charge on any atom is 0.272 e. The number of nitrogens with one attached hydrogen (secondary N) is 1. The summed E-state index contributed by atoms with van der Waals surface area (Å²) < 4.78 is 13.8. The molecule has 0 atom stereocenters. The van der Waals surface area contributed by atoms with Gasteiger partial charge < -0.3 is 9.80 Å². The first-order valence-corrected chi connectivity index (χ1v) is 6.95. The van der Waals surface area contributed by atoms with Crippen LogP contribution >= 0.6 is 0 Å². The number of amides is 1. The molecule has 1 aromatic heterocycles. The molecule has 1 amide bonds. The summed E-state index contributed by atoms with van der Waals surface area (Å²) >= 11 is 0. The lowest BCUT2D eigenvalue weighted by Crippen LogP contribution is -2.49. The zero-order valence-electron chi connectivity index (χ0n) is 11.8. The number of hydrogen-bond donors (Lipinski definition) is 1. The molecule has 0 bridgehead atoms. The van der Waals surface area contributed by atoms with Gasteiger partial charge in [0.25, 0.3) is 5.91 Å². The van der Waals surface area contributed by atoms with Crippen molar-refractivity contribution >= 4 is 11.6 Å². The second kappa shape index (κ2) is 5.55. The molecule has 1 aromatic carbocycles. The number of nitrogens with zero attached hydrogens (tertiary/aromatic N) is 3. The van der Waals surface area contributed by atoms with Crippen molar-refractivity contribution in [1.29, 1.82) is 0 Å². The van der Waals surface area contributed by atoms with Crippen LogP contribution in [0.15, 0.2) is 30.5 Å². The van der Waals surface area contributed by atoms with Crippen molar-refractivity contribution in [1.82, 2.24) is 15.1 Å². The Balaban J connectivity index is 1.67. The van der Waals surface area contributed by atoms with Gasteiger partial charge in [0.05, 0.1) is 11.9 Å². The lowest BCUT2D eigenvalue weighted by molar-refractivity contribution is 0.0740. The maximum absolute atomic E-state index is 13.8. The number of halogens is 1. The van der Waals surface area contributed by atoms with E-state index >= 15 is 0 Å². The van der Waals surface area contributed by atoms with Crippen molar-refractivity contribution in [3.8, 4) is 0 Å². The number of para-hydroxylation sites is 1. The molecule has 21 heavy (non-hydrogen) atoms. The molecule has 0 aliphatic carbocycles. The van der Waals surface area contributed by atoms with Gasteiger partial charge >= 0.3 is 0 Å². The minimum atomic E-state index is -0.221. The summed E-state index contributed by atoms with van der Waals surface area (Å²) in [6, 6.07) is 6.73. The van der Waals surface area contributed by atoms with Crippen LogP contribution in [0.4, 0.5) is 10.1 Å². The van der Waals surface area contributed by atoms with E-state index in [9.17, 15) is 9.18 Å². The molecule has 0 saturated carbocycles. The van der Waals surface area contributed by atoms with E-state index in [1.54, 1.807) is 23.2 Å². The minimum Gasteiger partial charge on any atom is -0.366 e. The van der Waals surface area contributed by atoms with Gasteiger partial charge in [-0.3, -0.25) is 9.89 Å². The van der Waals surface area contributed by atoms with Gasteiger partial charge in [-0.15, -0.1) is 0 Å². The van der Waals surface area contributed by atoms with Crippen molar-refractivity contribution in [2.45, 2.75) is 6.92 Å². The van der Waals surface area contributed by atoms with Crippen LogP contribution in [0.5, 0.6) is 0 Å². The Morgan fingerprint density at radius 1 is 1.24 bits per heavy atom. The van der Waals surface area contributed by atoms with Crippen LogP contribution in [-0.4, -0.2) is 47.2 Å². The van der Waals surface area contributed by atoms with Crippen molar-refractivity contribution < 1.29 is 9.18 Å². The second-order valence-corrected chi connectivity index (χ2v) is 5.16. The third-order valence-corrected chi connectivity index (χ3v) is 3.80. The van der Waals surface area contributed by atoms with Crippen LogP contribution < -0.4 is 4.90 Å². The van der Waals surface area contributed by atoms with E-state index in [1.807, 2.05) is 17.9 Å². The fourth-order valence-corrected chi connectivity index (χ4v) is 2.58. The van der Waals surface area contributed by atoms with Crippen LogP contribution in [0.3, 0.4) is 0 Å². The molecule has 0 unspecified atom stereocenters. The summed E-state index contributed by atoms with van der Waals surface area (Å²) in [6.07, 6.45) is 1.64. The molecule has 1 fully saturated rings. The Labute approximate surface area is 122 Å². The number of aromatic nitrogens is 2. The molecule has 1 N–H and O–H groups in total.